The fourth-order valence-electron chi connectivity index (χ4n) is 4.40. The van der Waals surface area contributed by atoms with Gasteiger partial charge in [-0.1, -0.05) is 109 Å². The summed E-state index contributed by atoms with van der Waals surface area (Å²) in [7, 11) is 0. The summed E-state index contributed by atoms with van der Waals surface area (Å²) >= 11 is 0. The van der Waals surface area contributed by atoms with E-state index in [4.69, 9.17) is 4.42 Å². The first-order valence-corrected chi connectivity index (χ1v) is 9.88. The molecule has 1 aromatic heterocycles. The molecular weight excluding hydrogens is 352 g/mol. The lowest BCUT2D eigenvalue weighted by Crippen LogP contribution is -1.83. The highest BCUT2D eigenvalue weighted by Gasteiger charge is 2.22. The molecule has 1 nitrogen and oxygen atoms in total. The molecule has 0 aliphatic carbocycles. The van der Waals surface area contributed by atoms with Crippen molar-refractivity contribution in [2.75, 3.05) is 0 Å². The average Bonchev–Trinajstić information content (AvgIpc) is 3.22. The van der Waals surface area contributed by atoms with Crippen molar-refractivity contribution in [3.8, 4) is 22.5 Å². The first-order chi connectivity index (χ1) is 14.4. The van der Waals surface area contributed by atoms with Crippen LogP contribution < -0.4 is 0 Å². The van der Waals surface area contributed by atoms with Crippen molar-refractivity contribution < 1.29 is 4.42 Å². The lowest BCUT2D eigenvalue weighted by atomic mass is 9.92. The van der Waals surface area contributed by atoms with Crippen LogP contribution in [0.4, 0.5) is 0 Å². The molecule has 0 fully saturated rings. The van der Waals surface area contributed by atoms with Crippen LogP contribution in [0.3, 0.4) is 0 Å². The second-order valence-electron chi connectivity index (χ2n) is 7.33. The molecule has 5 aromatic carbocycles. The second kappa shape index (κ2) is 6.35. The maximum Gasteiger partial charge on any atom is 0.143 e. The van der Waals surface area contributed by atoms with Crippen molar-refractivity contribution in [1.82, 2.24) is 0 Å². The summed E-state index contributed by atoms with van der Waals surface area (Å²) < 4.78 is 6.66. The third-order valence-corrected chi connectivity index (χ3v) is 5.66. The lowest BCUT2D eigenvalue weighted by Gasteiger charge is -2.08. The number of benzene rings is 5. The van der Waals surface area contributed by atoms with Crippen LogP contribution in [0.25, 0.3) is 55.0 Å². The topological polar surface area (TPSA) is 13.1 Å². The molecule has 0 bridgehead atoms. The molecule has 0 unspecified atom stereocenters. The Hall–Kier alpha value is -3.84. The SMILES string of the molecule is c1ccc(-c2oc3c4ccccc4c4ccccc4c3c2-c2ccccc2)cc1. The van der Waals surface area contributed by atoms with Crippen molar-refractivity contribution in [3.05, 3.63) is 109 Å². The zero-order valence-electron chi connectivity index (χ0n) is 15.8. The van der Waals surface area contributed by atoms with E-state index in [1.54, 1.807) is 0 Å². The zero-order chi connectivity index (χ0) is 19.2. The van der Waals surface area contributed by atoms with E-state index in [9.17, 15) is 0 Å². The van der Waals surface area contributed by atoms with Gasteiger partial charge in [0.15, 0.2) is 0 Å². The van der Waals surface area contributed by atoms with Gasteiger partial charge in [0, 0.05) is 21.9 Å². The van der Waals surface area contributed by atoms with Gasteiger partial charge >= 0.3 is 0 Å². The minimum absolute atomic E-state index is 0.924. The van der Waals surface area contributed by atoms with Gasteiger partial charge in [-0.25, -0.2) is 0 Å². The van der Waals surface area contributed by atoms with Crippen molar-refractivity contribution in [2.45, 2.75) is 0 Å². The van der Waals surface area contributed by atoms with E-state index in [1.165, 1.54) is 27.1 Å². The first kappa shape index (κ1) is 16.1. The van der Waals surface area contributed by atoms with Crippen molar-refractivity contribution in [1.29, 1.82) is 0 Å². The van der Waals surface area contributed by atoms with Gasteiger partial charge in [-0.15, -0.1) is 0 Å². The Morgan fingerprint density at radius 3 is 1.55 bits per heavy atom. The Kier molecular flexibility index (Phi) is 3.54. The van der Waals surface area contributed by atoms with E-state index in [0.29, 0.717) is 0 Å². The Labute approximate surface area is 168 Å². The smallest absolute Gasteiger partial charge is 0.143 e. The predicted octanol–water partition coefficient (Wildman–Crippen LogP) is 8.07. The van der Waals surface area contributed by atoms with E-state index in [1.807, 2.05) is 6.07 Å². The van der Waals surface area contributed by atoms with Gasteiger partial charge in [-0.2, -0.15) is 0 Å². The highest BCUT2D eigenvalue weighted by Crippen LogP contribution is 2.46. The van der Waals surface area contributed by atoms with Crippen LogP contribution in [0.1, 0.15) is 0 Å². The quantitative estimate of drug-likeness (QED) is 0.281. The van der Waals surface area contributed by atoms with Crippen LogP contribution in [-0.4, -0.2) is 0 Å². The Morgan fingerprint density at radius 2 is 0.897 bits per heavy atom. The van der Waals surface area contributed by atoms with Crippen molar-refractivity contribution in [3.63, 3.8) is 0 Å². The fraction of sp³-hybridized carbons (Fsp3) is 0. The normalized spacial score (nSPS) is 11.4. The minimum atomic E-state index is 0.924. The molecule has 0 amide bonds. The van der Waals surface area contributed by atoms with Gasteiger partial charge in [-0.05, 0) is 21.7 Å². The Balaban J connectivity index is 1.90. The summed E-state index contributed by atoms with van der Waals surface area (Å²) in [4.78, 5) is 0. The van der Waals surface area contributed by atoms with Gasteiger partial charge in [0.25, 0.3) is 0 Å². The summed E-state index contributed by atoms with van der Waals surface area (Å²) in [6, 6.07) is 38.2. The lowest BCUT2D eigenvalue weighted by molar-refractivity contribution is 0.636. The van der Waals surface area contributed by atoms with Gasteiger partial charge in [0.1, 0.15) is 11.3 Å². The number of furan rings is 1. The molecule has 6 rings (SSSR count). The largest absolute Gasteiger partial charge is 0.455 e. The number of hydrogen-bond acceptors (Lipinski definition) is 1. The van der Waals surface area contributed by atoms with Gasteiger partial charge in [0.2, 0.25) is 0 Å². The second-order valence-corrected chi connectivity index (χ2v) is 7.33. The molecule has 0 aliphatic rings. The van der Waals surface area contributed by atoms with Gasteiger partial charge < -0.3 is 4.42 Å². The molecule has 0 saturated heterocycles. The summed E-state index contributed by atoms with van der Waals surface area (Å²) in [5, 5.41) is 6.05. The van der Waals surface area contributed by atoms with E-state index in [-0.39, 0.29) is 0 Å². The van der Waals surface area contributed by atoms with E-state index in [2.05, 4.69) is 103 Å². The number of rotatable bonds is 2. The summed E-state index contributed by atoms with van der Waals surface area (Å²) in [6.45, 7) is 0. The van der Waals surface area contributed by atoms with Crippen LogP contribution in [0.2, 0.25) is 0 Å². The van der Waals surface area contributed by atoms with Crippen molar-refractivity contribution in [2.24, 2.45) is 0 Å². The van der Waals surface area contributed by atoms with Gasteiger partial charge in [0.05, 0.1) is 0 Å². The molecule has 29 heavy (non-hydrogen) atoms. The molecule has 1 heterocycles. The Bertz CT molecular complexity index is 1480. The molecule has 0 saturated carbocycles. The van der Waals surface area contributed by atoms with E-state index in [0.717, 1.165) is 27.9 Å². The van der Waals surface area contributed by atoms with Gasteiger partial charge in [-0.3, -0.25) is 0 Å². The Morgan fingerprint density at radius 1 is 0.414 bits per heavy atom. The van der Waals surface area contributed by atoms with Crippen LogP contribution in [0, 0.1) is 0 Å². The van der Waals surface area contributed by atoms with Crippen LogP contribution in [0.15, 0.2) is 114 Å². The minimum Gasteiger partial charge on any atom is -0.455 e. The highest BCUT2D eigenvalue weighted by atomic mass is 16.3. The molecule has 0 aliphatic heterocycles. The molecule has 0 atom stereocenters. The number of hydrogen-bond donors (Lipinski definition) is 0. The van der Waals surface area contributed by atoms with Crippen LogP contribution in [0.5, 0.6) is 0 Å². The number of fused-ring (bicyclic) bond motifs is 6. The third kappa shape index (κ3) is 2.41. The predicted molar refractivity (Wildman–Crippen MR) is 122 cm³/mol. The van der Waals surface area contributed by atoms with E-state index >= 15 is 0 Å². The van der Waals surface area contributed by atoms with E-state index < -0.39 is 0 Å². The molecular formula is C28H18O. The summed E-state index contributed by atoms with van der Waals surface area (Å²) in [5.41, 5.74) is 4.38. The molecule has 0 N–H and O–H groups in total. The molecule has 0 radical (unpaired) electrons. The summed E-state index contributed by atoms with van der Waals surface area (Å²) in [6.07, 6.45) is 0. The van der Waals surface area contributed by atoms with Crippen molar-refractivity contribution >= 4 is 32.5 Å². The fourth-order valence-corrected chi connectivity index (χ4v) is 4.40. The highest BCUT2D eigenvalue weighted by molar-refractivity contribution is 6.28. The standard InChI is InChI=1S/C28H18O/c1-3-11-19(12-4-1)25-26-23-17-9-7-15-21(23)22-16-8-10-18-24(22)28(26)29-27(25)20-13-5-2-6-14-20/h1-18H. The maximum absolute atomic E-state index is 6.66. The monoisotopic (exact) mass is 370 g/mol. The average molecular weight is 370 g/mol. The third-order valence-electron chi connectivity index (χ3n) is 5.66. The first-order valence-electron chi connectivity index (χ1n) is 9.88. The molecule has 0 spiro atoms. The molecule has 6 aromatic rings. The van der Waals surface area contributed by atoms with Crippen LogP contribution in [-0.2, 0) is 0 Å². The van der Waals surface area contributed by atoms with Crippen LogP contribution >= 0.6 is 0 Å². The molecule has 136 valence electrons. The zero-order valence-corrected chi connectivity index (χ0v) is 15.8. The molecule has 1 heteroatoms. The maximum atomic E-state index is 6.66. The summed E-state index contributed by atoms with van der Waals surface area (Å²) in [5.74, 6) is 0.924.